The number of aliphatic hydroxyl groups is 1. The van der Waals surface area contributed by atoms with E-state index in [4.69, 9.17) is 9.84 Å². The maximum absolute atomic E-state index is 12.3. The summed E-state index contributed by atoms with van der Waals surface area (Å²) in [6, 6.07) is 4.82. The van der Waals surface area contributed by atoms with E-state index in [-0.39, 0.29) is 17.9 Å². The molecule has 0 aliphatic heterocycles. The number of benzene rings is 1. The lowest BCUT2D eigenvalue weighted by atomic mass is 9.86. The van der Waals surface area contributed by atoms with Gasteiger partial charge in [-0.05, 0) is 48.9 Å². The van der Waals surface area contributed by atoms with Gasteiger partial charge in [-0.15, -0.1) is 0 Å². The van der Waals surface area contributed by atoms with Gasteiger partial charge in [0.25, 0.3) is 0 Å². The van der Waals surface area contributed by atoms with Crippen molar-refractivity contribution in [3.05, 3.63) is 23.8 Å². The van der Waals surface area contributed by atoms with E-state index < -0.39 is 10.0 Å². The minimum atomic E-state index is -3.53. The van der Waals surface area contributed by atoms with E-state index in [0.29, 0.717) is 23.8 Å². The zero-order chi connectivity index (χ0) is 14.6. The van der Waals surface area contributed by atoms with Crippen molar-refractivity contribution >= 4 is 10.0 Å². The average molecular weight is 299 g/mol. The second-order valence-electron chi connectivity index (χ2n) is 5.10. The lowest BCUT2D eigenvalue weighted by Gasteiger charge is -2.25. The number of sulfonamides is 1. The smallest absolute Gasteiger partial charge is 0.240 e. The maximum atomic E-state index is 12.3. The monoisotopic (exact) mass is 299 g/mol. The molecule has 1 aromatic carbocycles. The van der Waals surface area contributed by atoms with Crippen LogP contribution in [0.15, 0.2) is 23.1 Å². The summed E-state index contributed by atoms with van der Waals surface area (Å²) in [6.07, 6.45) is 3.66. The van der Waals surface area contributed by atoms with E-state index >= 15 is 0 Å². The Labute approximate surface area is 120 Å². The van der Waals surface area contributed by atoms with E-state index in [0.717, 1.165) is 12.8 Å². The Morgan fingerprint density at radius 2 is 2.15 bits per heavy atom. The highest BCUT2D eigenvalue weighted by molar-refractivity contribution is 7.89. The molecule has 0 heterocycles. The fourth-order valence-electron chi connectivity index (χ4n) is 2.26. The zero-order valence-corrected chi connectivity index (χ0v) is 12.4. The number of methoxy groups -OCH3 is 1. The zero-order valence-electron chi connectivity index (χ0n) is 11.6. The summed E-state index contributed by atoms with van der Waals surface area (Å²) in [6.45, 7) is 0.394. The van der Waals surface area contributed by atoms with Crippen LogP contribution in [0.4, 0.5) is 0 Å². The van der Waals surface area contributed by atoms with Gasteiger partial charge in [-0.3, -0.25) is 0 Å². The summed E-state index contributed by atoms with van der Waals surface area (Å²) in [7, 11) is -2.00. The van der Waals surface area contributed by atoms with Crippen LogP contribution >= 0.6 is 0 Å². The van der Waals surface area contributed by atoms with Crippen molar-refractivity contribution in [1.29, 1.82) is 0 Å². The topological polar surface area (TPSA) is 75.6 Å². The van der Waals surface area contributed by atoms with Crippen LogP contribution in [-0.4, -0.2) is 33.8 Å². The molecule has 1 fully saturated rings. The second-order valence-corrected chi connectivity index (χ2v) is 6.83. The molecule has 1 aliphatic carbocycles. The summed E-state index contributed by atoms with van der Waals surface area (Å²) in [5, 5.41) is 9.08. The summed E-state index contributed by atoms with van der Waals surface area (Å²) < 4.78 is 32.4. The Kier molecular flexibility index (Phi) is 5.01. The first-order valence-corrected chi connectivity index (χ1v) is 8.32. The molecule has 2 rings (SSSR count). The molecular weight excluding hydrogens is 278 g/mol. The van der Waals surface area contributed by atoms with Gasteiger partial charge in [-0.2, -0.15) is 0 Å². The van der Waals surface area contributed by atoms with Gasteiger partial charge in [0, 0.05) is 13.2 Å². The lowest BCUT2D eigenvalue weighted by molar-refractivity contribution is 0.298. The number of aliphatic hydroxyl groups excluding tert-OH is 1. The minimum Gasteiger partial charge on any atom is -0.497 e. The van der Waals surface area contributed by atoms with E-state index in [1.54, 1.807) is 12.1 Å². The SMILES string of the molecule is COc1ccc(S(=O)(=O)NCC2CCC2)c(CCO)c1. The van der Waals surface area contributed by atoms with Crippen LogP contribution in [0.25, 0.3) is 0 Å². The molecule has 0 aromatic heterocycles. The van der Waals surface area contributed by atoms with Crippen LogP contribution in [0.3, 0.4) is 0 Å². The molecule has 0 radical (unpaired) electrons. The summed E-state index contributed by atoms with van der Waals surface area (Å²) >= 11 is 0. The molecule has 1 saturated carbocycles. The molecule has 1 aromatic rings. The van der Waals surface area contributed by atoms with Gasteiger partial charge in [0.2, 0.25) is 10.0 Å². The second kappa shape index (κ2) is 6.56. The largest absolute Gasteiger partial charge is 0.497 e. The molecule has 0 amide bonds. The van der Waals surface area contributed by atoms with Crippen LogP contribution in [0, 0.1) is 5.92 Å². The maximum Gasteiger partial charge on any atom is 0.240 e. The number of hydrogen-bond donors (Lipinski definition) is 2. The van der Waals surface area contributed by atoms with E-state index in [1.165, 1.54) is 19.6 Å². The third-order valence-electron chi connectivity index (χ3n) is 3.73. The Morgan fingerprint density at radius 3 is 2.70 bits per heavy atom. The standard InChI is InChI=1S/C14H21NO4S/c1-19-13-5-6-14(12(9-13)7-8-16)20(17,18)15-10-11-3-2-4-11/h5-6,9,11,15-16H,2-4,7-8,10H2,1H3. The van der Waals surface area contributed by atoms with Crippen LogP contribution in [0.2, 0.25) is 0 Å². The van der Waals surface area contributed by atoms with E-state index in [2.05, 4.69) is 4.72 Å². The number of nitrogens with one attached hydrogen (secondary N) is 1. The normalized spacial score (nSPS) is 15.9. The Hall–Kier alpha value is -1.11. The average Bonchev–Trinajstić information content (AvgIpc) is 2.36. The molecule has 0 atom stereocenters. The predicted octanol–water partition coefficient (Wildman–Crippen LogP) is 1.31. The van der Waals surface area contributed by atoms with Gasteiger partial charge in [0.05, 0.1) is 12.0 Å². The van der Waals surface area contributed by atoms with Crippen molar-refractivity contribution in [3.63, 3.8) is 0 Å². The Morgan fingerprint density at radius 1 is 1.40 bits per heavy atom. The molecule has 0 bridgehead atoms. The first-order chi connectivity index (χ1) is 9.56. The van der Waals surface area contributed by atoms with Gasteiger partial charge in [0.15, 0.2) is 0 Å². The Bertz CT molecular complexity index is 552. The summed E-state index contributed by atoms with van der Waals surface area (Å²) in [5.41, 5.74) is 0.577. The van der Waals surface area contributed by atoms with Crippen molar-refractivity contribution < 1.29 is 18.3 Å². The fraction of sp³-hybridized carbons (Fsp3) is 0.571. The van der Waals surface area contributed by atoms with Crippen LogP contribution in [0.1, 0.15) is 24.8 Å². The molecule has 0 unspecified atom stereocenters. The third kappa shape index (κ3) is 3.50. The highest BCUT2D eigenvalue weighted by Crippen LogP contribution is 2.27. The summed E-state index contributed by atoms with van der Waals surface area (Å²) in [5.74, 6) is 1.05. The molecule has 5 nitrogen and oxygen atoms in total. The Balaban J connectivity index is 2.19. The first-order valence-electron chi connectivity index (χ1n) is 6.84. The number of rotatable bonds is 7. The van der Waals surface area contributed by atoms with Gasteiger partial charge >= 0.3 is 0 Å². The number of hydrogen-bond acceptors (Lipinski definition) is 4. The molecule has 6 heteroatoms. The van der Waals surface area contributed by atoms with Crippen molar-refractivity contribution in [2.24, 2.45) is 5.92 Å². The van der Waals surface area contributed by atoms with Gasteiger partial charge in [0.1, 0.15) is 5.75 Å². The molecule has 0 saturated heterocycles. The summed E-state index contributed by atoms with van der Waals surface area (Å²) in [4.78, 5) is 0.228. The van der Waals surface area contributed by atoms with Crippen molar-refractivity contribution in [2.75, 3.05) is 20.3 Å². The predicted molar refractivity (Wildman–Crippen MR) is 76.3 cm³/mol. The van der Waals surface area contributed by atoms with E-state index in [1.807, 2.05) is 0 Å². The van der Waals surface area contributed by atoms with Crippen molar-refractivity contribution in [1.82, 2.24) is 4.72 Å². The van der Waals surface area contributed by atoms with Gasteiger partial charge in [-0.1, -0.05) is 6.42 Å². The quantitative estimate of drug-likeness (QED) is 0.796. The highest BCUT2D eigenvalue weighted by Gasteiger charge is 2.23. The highest BCUT2D eigenvalue weighted by atomic mass is 32.2. The lowest BCUT2D eigenvalue weighted by Crippen LogP contribution is -2.32. The third-order valence-corrected chi connectivity index (χ3v) is 5.25. The van der Waals surface area contributed by atoms with Crippen LogP contribution in [0.5, 0.6) is 5.75 Å². The van der Waals surface area contributed by atoms with Crippen LogP contribution < -0.4 is 9.46 Å². The molecule has 20 heavy (non-hydrogen) atoms. The van der Waals surface area contributed by atoms with E-state index in [9.17, 15) is 8.42 Å². The molecule has 1 aliphatic rings. The van der Waals surface area contributed by atoms with Crippen molar-refractivity contribution in [3.8, 4) is 5.75 Å². The van der Waals surface area contributed by atoms with Crippen LogP contribution in [-0.2, 0) is 16.4 Å². The van der Waals surface area contributed by atoms with Gasteiger partial charge < -0.3 is 9.84 Å². The minimum absolute atomic E-state index is 0.0989. The fourth-order valence-corrected chi connectivity index (χ4v) is 3.63. The molecule has 112 valence electrons. The molecule has 2 N–H and O–H groups in total. The van der Waals surface area contributed by atoms with Crippen molar-refractivity contribution in [2.45, 2.75) is 30.6 Å². The molecular formula is C14H21NO4S. The van der Waals surface area contributed by atoms with Gasteiger partial charge in [-0.25, -0.2) is 13.1 Å². The molecule has 0 spiro atoms. The first kappa shape index (κ1) is 15.3. The number of ether oxygens (including phenoxy) is 1.